The fraction of sp³-hybridized carbons (Fsp3) is 0.714. The summed E-state index contributed by atoms with van der Waals surface area (Å²) >= 11 is 0. The van der Waals surface area contributed by atoms with Gasteiger partial charge < -0.3 is 70.2 Å². The molecule has 0 aliphatic heterocycles. The second-order valence-electron chi connectivity index (χ2n) is 4.98. The number of hydrogen-bond acceptors (Lipinski definition) is 14. The molecule has 0 aromatic carbocycles. The number of aliphatic hydroxyl groups is 8. The van der Waals surface area contributed by atoms with Crippen molar-refractivity contribution in [1.82, 2.24) is 0 Å². The van der Waals surface area contributed by atoms with Crippen molar-refractivity contribution < 1.29 is 129 Å². The molecular formula is C14H24Na2O14. The van der Waals surface area contributed by atoms with Crippen molar-refractivity contribution in [3.63, 3.8) is 0 Å². The molecule has 0 aromatic heterocycles. The van der Waals surface area contributed by atoms with Crippen LogP contribution in [0.5, 0.6) is 0 Å². The van der Waals surface area contributed by atoms with Gasteiger partial charge in [0.15, 0.2) is 12.6 Å². The Morgan fingerprint density at radius 3 is 1.03 bits per heavy atom. The minimum absolute atomic E-state index is 0. The van der Waals surface area contributed by atoms with E-state index in [9.17, 15) is 29.4 Å². The van der Waals surface area contributed by atoms with Gasteiger partial charge in [-0.2, -0.15) is 0 Å². The van der Waals surface area contributed by atoms with Gasteiger partial charge in [0, 0.05) is 11.9 Å². The topological polar surface area (TPSA) is 276 Å². The number of aldehydes is 2. The summed E-state index contributed by atoms with van der Waals surface area (Å²) in [5.74, 6) is -2.73. The summed E-state index contributed by atoms with van der Waals surface area (Å²) < 4.78 is 0. The van der Waals surface area contributed by atoms with E-state index in [1.807, 2.05) is 0 Å². The van der Waals surface area contributed by atoms with E-state index in [-0.39, 0.29) is 71.7 Å². The maximum atomic E-state index is 9.76. The monoisotopic (exact) mass is 462 g/mol. The molecule has 0 saturated carbocycles. The molecule has 0 saturated heterocycles. The number of carbonyl (C=O) groups excluding carboxylic acids is 4. The molecule has 0 amide bonds. The summed E-state index contributed by atoms with van der Waals surface area (Å²) in [4.78, 5) is 38.5. The van der Waals surface area contributed by atoms with E-state index < -0.39 is 74.6 Å². The Morgan fingerprint density at radius 1 is 0.667 bits per heavy atom. The maximum absolute atomic E-state index is 9.76. The molecule has 0 aromatic rings. The summed E-state index contributed by atoms with van der Waals surface area (Å²) in [6, 6.07) is 0. The largest absolute Gasteiger partial charge is 1.00 e. The van der Waals surface area contributed by atoms with Crippen LogP contribution >= 0.6 is 0 Å². The number of rotatable bonds is 11. The number of aliphatic carboxylic acids is 2. The SMILES string of the molecule is O=C([O-])CCC(=O)[O-].O=C[C@@H](O)[C@H](O)[C@H](O)CO.O=C[C@H](O)[C@@H](O)[C@@H](O)CO.[Na+].[Na+]. The van der Waals surface area contributed by atoms with Gasteiger partial charge in [-0.25, -0.2) is 0 Å². The molecule has 8 N–H and O–H groups in total. The molecule has 6 atom stereocenters. The Morgan fingerprint density at radius 2 is 0.900 bits per heavy atom. The molecule has 0 fully saturated rings. The zero-order valence-corrected chi connectivity index (χ0v) is 20.5. The Kier molecular flexibility index (Phi) is 33.9. The van der Waals surface area contributed by atoms with E-state index in [0.717, 1.165) is 0 Å². The molecule has 0 heterocycles. The minimum Gasteiger partial charge on any atom is -0.550 e. The van der Waals surface area contributed by atoms with Crippen LogP contribution in [0.15, 0.2) is 0 Å². The van der Waals surface area contributed by atoms with Gasteiger partial charge in [0.1, 0.15) is 36.6 Å². The summed E-state index contributed by atoms with van der Waals surface area (Å²) in [6.45, 7) is -1.38. The van der Waals surface area contributed by atoms with E-state index in [0.29, 0.717) is 0 Å². The van der Waals surface area contributed by atoms with Gasteiger partial charge in [-0.15, -0.1) is 0 Å². The van der Waals surface area contributed by atoms with Gasteiger partial charge in [0.2, 0.25) is 0 Å². The fourth-order valence-electron chi connectivity index (χ4n) is 1.04. The zero-order valence-electron chi connectivity index (χ0n) is 16.5. The first-order valence-electron chi connectivity index (χ1n) is 7.49. The van der Waals surface area contributed by atoms with Crippen LogP contribution in [0.1, 0.15) is 12.8 Å². The summed E-state index contributed by atoms with van der Waals surface area (Å²) in [7, 11) is 0. The van der Waals surface area contributed by atoms with Crippen molar-refractivity contribution in [2.45, 2.75) is 49.5 Å². The average Bonchev–Trinajstić information content (AvgIpc) is 2.69. The molecule has 166 valence electrons. The van der Waals surface area contributed by atoms with Crippen molar-refractivity contribution in [1.29, 1.82) is 0 Å². The zero-order chi connectivity index (χ0) is 22.9. The van der Waals surface area contributed by atoms with Crippen LogP contribution in [-0.4, -0.2) is 115 Å². The van der Waals surface area contributed by atoms with Crippen molar-refractivity contribution in [2.75, 3.05) is 13.2 Å². The van der Waals surface area contributed by atoms with Crippen LogP contribution in [0.2, 0.25) is 0 Å². The third kappa shape index (κ3) is 24.2. The van der Waals surface area contributed by atoms with Crippen LogP contribution in [-0.2, 0) is 19.2 Å². The second-order valence-corrected chi connectivity index (χ2v) is 4.98. The van der Waals surface area contributed by atoms with E-state index in [2.05, 4.69) is 0 Å². The first kappa shape index (κ1) is 40.3. The van der Waals surface area contributed by atoms with Crippen LogP contribution in [0, 0.1) is 0 Å². The average molecular weight is 462 g/mol. The van der Waals surface area contributed by atoms with E-state index in [1.54, 1.807) is 0 Å². The first-order valence-corrected chi connectivity index (χ1v) is 7.49. The predicted molar refractivity (Wildman–Crippen MR) is 81.6 cm³/mol. The number of aliphatic hydroxyl groups excluding tert-OH is 8. The molecule has 0 aliphatic rings. The van der Waals surface area contributed by atoms with Gasteiger partial charge in [-0.3, -0.25) is 0 Å². The van der Waals surface area contributed by atoms with Crippen LogP contribution in [0.4, 0.5) is 0 Å². The van der Waals surface area contributed by atoms with Crippen LogP contribution < -0.4 is 69.3 Å². The summed E-state index contributed by atoms with van der Waals surface area (Å²) in [5, 5.41) is 87.1. The van der Waals surface area contributed by atoms with Crippen molar-refractivity contribution in [3.05, 3.63) is 0 Å². The van der Waals surface area contributed by atoms with E-state index in [4.69, 9.17) is 40.9 Å². The van der Waals surface area contributed by atoms with Gasteiger partial charge >= 0.3 is 59.1 Å². The number of hydrogen-bond donors (Lipinski definition) is 8. The van der Waals surface area contributed by atoms with Gasteiger partial charge in [0.05, 0.1) is 13.2 Å². The standard InChI is InChI=1S/2C5H10O5.C4H6O4.2Na/c2*6-1-3(8)5(10)4(9)2-7;5-3(6)1-2-4(7)8;;/h2*1,3-5,7-10H,2H2;1-2H2,(H,5,6)(H,7,8);;/q;;;2*+1/p-2/t2*3-,4-,5+;;;/m10.../s1. The predicted octanol–water partition coefficient (Wildman–Crippen LogP) is -14.2. The Labute approximate surface area is 215 Å². The smallest absolute Gasteiger partial charge is 0.550 e. The number of carboxylic acid groups (broad SMARTS) is 2. The van der Waals surface area contributed by atoms with Crippen molar-refractivity contribution in [3.8, 4) is 0 Å². The molecule has 0 rings (SSSR count). The Hall–Kier alpha value is -0.0400. The van der Waals surface area contributed by atoms with Gasteiger partial charge in [0.25, 0.3) is 0 Å². The Bertz CT molecular complexity index is 412. The minimum atomic E-state index is -1.64. The third-order valence-electron chi connectivity index (χ3n) is 2.67. The number of carbonyl (C=O) groups is 4. The van der Waals surface area contributed by atoms with Crippen molar-refractivity contribution in [2.24, 2.45) is 0 Å². The first-order chi connectivity index (χ1) is 12.9. The second kappa shape index (κ2) is 25.2. The van der Waals surface area contributed by atoms with Crippen molar-refractivity contribution >= 4 is 24.5 Å². The molecular weight excluding hydrogens is 438 g/mol. The molecule has 14 nitrogen and oxygen atoms in total. The third-order valence-corrected chi connectivity index (χ3v) is 2.67. The molecule has 0 unspecified atom stereocenters. The fourth-order valence-corrected chi connectivity index (χ4v) is 1.04. The van der Waals surface area contributed by atoms with Crippen LogP contribution in [0.3, 0.4) is 0 Å². The normalized spacial score (nSPS) is 15.3. The van der Waals surface area contributed by atoms with Gasteiger partial charge in [-0.1, -0.05) is 0 Å². The molecule has 0 spiro atoms. The van der Waals surface area contributed by atoms with Gasteiger partial charge in [-0.05, 0) is 12.8 Å². The molecule has 0 aliphatic carbocycles. The number of carboxylic acids is 2. The quantitative estimate of drug-likeness (QED) is 0.105. The maximum Gasteiger partial charge on any atom is 1.00 e. The molecule has 0 bridgehead atoms. The van der Waals surface area contributed by atoms with Crippen LogP contribution in [0.25, 0.3) is 0 Å². The molecule has 30 heavy (non-hydrogen) atoms. The Balaban J connectivity index is -0.000000102. The molecule has 16 heteroatoms. The van der Waals surface area contributed by atoms with E-state index >= 15 is 0 Å². The summed E-state index contributed by atoms with van der Waals surface area (Å²) in [5.41, 5.74) is 0. The van der Waals surface area contributed by atoms with E-state index in [1.165, 1.54) is 0 Å². The molecule has 0 radical (unpaired) electrons. The summed E-state index contributed by atoms with van der Waals surface area (Å²) in [6.07, 6.45) is -10.2.